The van der Waals surface area contributed by atoms with Crippen LogP contribution in [0.5, 0.6) is 0 Å². The topological polar surface area (TPSA) is 47.6 Å². The van der Waals surface area contributed by atoms with Crippen LogP contribution >= 0.6 is 11.6 Å². The number of aliphatic imine (C=N–C) groups is 1. The van der Waals surface area contributed by atoms with Crippen molar-refractivity contribution in [1.82, 2.24) is 0 Å². The first-order valence-corrected chi connectivity index (χ1v) is 8.73. The number of benzene rings is 2. The summed E-state index contributed by atoms with van der Waals surface area (Å²) in [6, 6.07) is 10.9. The largest absolute Gasteiger partial charge is 0.462 e. The first-order valence-electron chi connectivity index (χ1n) is 8.35. The van der Waals surface area contributed by atoms with Gasteiger partial charge in [0.2, 0.25) is 0 Å². The zero-order chi connectivity index (χ0) is 17.8. The SMILES string of the molecule is CC1(C)Cc2ccc(-c3cc(Cl)ccc3F)cc2C2(COC(N)=N2)C1. The van der Waals surface area contributed by atoms with Crippen LogP contribution in [0.15, 0.2) is 41.4 Å². The molecule has 1 heterocycles. The zero-order valence-corrected chi connectivity index (χ0v) is 15.0. The molecular weight excluding hydrogens is 339 g/mol. The molecule has 0 radical (unpaired) electrons. The molecule has 0 bridgehead atoms. The summed E-state index contributed by atoms with van der Waals surface area (Å²) in [4.78, 5) is 4.64. The van der Waals surface area contributed by atoms with Crippen LogP contribution in [0.1, 0.15) is 31.4 Å². The van der Waals surface area contributed by atoms with Crippen LogP contribution in [0.25, 0.3) is 11.1 Å². The molecule has 2 aliphatic rings. The number of ether oxygens (including phenoxy) is 1. The smallest absolute Gasteiger partial charge is 0.283 e. The van der Waals surface area contributed by atoms with Crippen molar-refractivity contribution < 1.29 is 9.13 Å². The third-order valence-corrected chi connectivity index (χ3v) is 5.31. The minimum Gasteiger partial charge on any atom is -0.462 e. The van der Waals surface area contributed by atoms with E-state index in [-0.39, 0.29) is 17.3 Å². The van der Waals surface area contributed by atoms with Crippen molar-refractivity contribution in [2.75, 3.05) is 6.61 Å². The molecule has 2 aromatic rings. The molecule has 4 rings (SSSR count). The van der Waals surface area contributed by atoms with E-state index < -0.39 is 5.54 Å². The average Bonchev–Trinajstić information content (AvgIpc) is 2.90. The molecule has 2 N–H and O–H groups in total. The molecule has 1 spiro atoms. The number of hydrogen-bond donors (Lipinski definition) is 1. The van der Waals surface area contributed by atoms with Crippen LogP contribution in [0.2, 0.25) is 5.02 Å². The van der Waals surface area contributed by atoms with Crippen LogP contribution < -0.4 is 5.73 Å². The highest BCUT2D eigenvalue weighted by molar-refractivity contribution is 6.30. The molecule has 0 fully saturated rings. The molecule has 0 saturated carbocycles. The van der Waals surface area contributed by atoms with Crippen molar-refractivity contribution in [2.24, 2.45) is 16.1 Å². The number of halogens is 2. The first-order chi connectivity index (χ1) is 11.8. The lowest BCUT2D eigenvalue weighted by molar-refractivity contribution is 0.163. The summed E-state index contributed by atoms with van der Waals surface area (Å²) < 4.78 is 19.8. The first kappa shape index (κ1) is 16.4. The van der Waals surface area contributed by atoms with Gasteiger partial charge >= 0.3 is 0 Å². The van der Waals surface area contributed by atoms with Gasteiger partial charge in [-0.25, -0.2) is 9.38 Å². The Bertz CT molecular complexity index is 893. The second-order valence-electron chi connectivity index (χ2n) is 7.78. The lowest BCUT2D eigenvalue weighted by Gasteiger charge is -2.41. The summed E-state index contributed by atoms with van der Waals surface area (Å²) in [6.07, 6.45) is 1.78. The Morgan fingerprint density at radius 3 is 2.72 bits per heavy atom. The molecule has 1 aliphatic heterocycles. The van der Waals surface area contributed by atoms with Gasteiger partial charge in [-0.2, -0.15) is 0 Å². The van der Waals surface area contributed by atoms with E-state index in [1.165, 1.54) is 11.6 Å². The van der Waals surface area contributed by atoms with Crippen LogP contribution in [0.3, 0.4) is 0 Å². The summed E-state index contributed by atoms with van der Waals surface area (Å²) in [5, 5.41) is 0.511. The number of nitrogens with two attached hydrogens (primary N) is 1. The van der Waals surface area contributed by atoms with Crippen LogP contribution in [-0.2, 0) is 16.7 Å². The predicted octanol–water partition coefficient (Wildman–Crippen LogP) is 4.66. The fraction of sp³-hybridized carbons (Fsp3) is 0.350. The summed E-state index contributed by atoms with van der Waals surface area (Å²) in [5.74, 6) is -0.291. The van der Waals surface area contributed by atoms with Crippen molar-refractivity contribution in [3.63, 3.8) is 0 Å². The van der Waals surface area contributed by atoms with E-state index in [4.69, 9.17) is 22.1 Å². The number of nitrogens with zero attached hydrogens (tertiary/aromatic N) is 1. The molecule has 0 aromatic heterocycles. The van der Waals surface area contributed by atoms with E-state index >= 15 is 0 Å². The molecule has 5 heteroatoms. The number of fused-ring (bicyclic) bond motifs is 2. The molecule has 1 atom stereocenters. The number of amidine groups is 1. The fourth-order valence-electron chi connectivity index (χ4n) is 4.21. The van der Waals surface area contributed by atoms with Gasteiger partial charge in [0, 0.05) is 10.6 Å². The average molecular weight is 359 g/mol. The summed E-state index contributed by atoms with van der Waals surface area (Å²) >= 11 is 6.06. The minimum atomic E-state index is -0.494. The minimum absolute atomic E-state index is 0.0906. The van der Waals surface area contributed by atoms with Crippen molar-refractivity contribution in [2.45, 2.75) is 32.2 Å². The monoisotopic (exact) mass is 358 g/mol. The van der Waals surface area contributed by atoms with E-state index in [1.807, 2.05) is 12.1 Å². The molecule has 25 heavy (non-hydrogen) atoms. The highest BCUT2D eigenvalue weighted by Gasteiger charge is 2.47. The van der Waals surface area contributed by atoms with Crippen molar-refractivity contribution >= 4 is 17.6 Å². The van der Waals surface area contributed by atoms with E-state index in [1.54, 1.807) is 12.1 Å². The van der Waals surface area contributed by atoms with Crippen molar-refractivity contribution in [3.8, 4) is 11.1 Å². The third-order valence-electron chi connectivity index (χ3n) is 5.07. The highest BCUT2D eigenvalue weighted by atomic mass is 35.5. The van der Waals surface area contributed by atoms with Crippen molar-refractivity contribution in [3.05, 3.63) is 58.4 Å². The lowest BCUT2D eigenvalue weighted by Crippen LogP contribution is -2.39. The maximum absolute atomic E-state index is 14.3. The molecule has 0 saturated heterocycles. The van der Waals surface area contributed by atoms with Crippen molar-refractivity contribution in [1.29, 1.82) is 0 Å². The van der Waals surface area contributed by atoms with Gasteiger partial charge in [-0.05, 0) is 59.2 Å². The van der Waals surface area contributed by atoms with Gasteiger partial charge in [0.15, 0.2) is 0 Å². The maximum atomic E-state index is 14.3. The van der Waals surface area contributed by atoms with Gasteiger partial charge in [-0.3, -0.25) is 0 Å². The third kappa shape index (κ3) is 2.78. The Hall–Kier alpha value is -2.07. The van der Waals surface area contributed by atoms with Gasteiger partial charge in [0.05, 0.1) is 0 Å². The summed E-state index contributed by atoms with van der Waals surface area (Å²) in [5.41, 5.74) is 8.99. The molecule has 3 nitrogen and oxygen atoms in total. The Morgan fingerprint density at radius 1 is 1.20 bits per heavy atom. The Balaban J connectivity index is 1.89. The lowest BCUT2D eigenvalue weighted by atomic mass is 9.65. The second-order valence-corrected chi connectivity index (χ2v) is 8.22. The van der Waals surface area contributed by atoms with E-state index in [0.29, 0.717) is 17.2 Å². The Labute approximate surface area is 151 Å². The second kappa shape index (κ2) is 5.46. The van der Waals surface area contributed by atoms with Gasteiger partial charge in [-0.1, -0.05) is 37.6 Å². The van der Waals surface area contributed by atoms with E-state index in [2.05, 4.69) is 24.9 Å². The Kier molecular flexibility index (Phi) is 3.58. The normalized spacial score (nSPS) is 23.9. The van der Waals surface area contributed by atoms with Crippen LogP contribution in [0.4, 0.5) is 4.39 Å². The predicted molar refractivity (Wildman–Crippen MR) is 98.2 cm³/mol. The maximum Gasteiger partial charge on any atom is 0.283 e. The zero-order valence-electron chi connectivity index (χ0n) is 14.3. The molecule has 130 valence electrons. The van der Waals surface area contributed by atoms with E-state index in [0.717, 1.165) is 24.0 Å². The van der Waals surface area contributed by atoms with Gasteiger partial charge < -0.3 is 10.5 Å². The molecule has 2 aromatic carbocycles. The van der Waals surface area contributed by atoms with E-state index in [9.17, 15) is 4.39 Å². The summed E-state index contributed by atoms with van der Waals surface area (Å²) in [6.45, 7) is 4.88. The van der Waals surface area contributed by atoms with Crippen LogP contribution in [-0.4, -0.2) is 12.6 Å². The number of rotatable bonds is 1. The fourth-order valence-corrected chi connectivity index (χ4v) is 4.38. The van der Waals surface area contributed by atoms with Gasteiger partial charge in [0.1, 0.15) is 18.0 Å². The van der Waals surface area contributed by atoms with Crippen LogP contribution in [0, 0.1) is 11.2 Å². The Morgan fingerprint density at radius 2 is 2.00 bits per heavy atom. The number of hydrogen-bond acceptors (Lipinski definition) is 3. The summed E-state index contributed by atoms with van der Waals surface area (Å²) in [7, 11) is 0. The van der Waals surface area contributed by atoms with Gasteiger partial charge in [-0.15, -0.1) is 0 Å². The molecule has 1 unspecified atom stereocenters. The quantitative estimate of drug-likeness (QED) is 0.806. The van der Waals surface area contributed by atoms with Gasteiger partial charge in [0.25, 0.3) is 6.02 Å². The standard InChI is InChI=1S/C20H20ClFN2O/c1-19(2)9-13-4-3-12(15-8-14(21)5-6-17(15)22)7-16(13)20(10-19)11-25-18(23)24-20/h3-8H,9-11H2,1-2H3,(H2,23,24). The molecular formula is C20H20ClFN2O. The molecule has 0 amide bonds. The molecule has 1 aliphatic carbocycles. The highest BCUT2D eigenvalue weighted by Crippen LogP contribution is 2.49.